The first kappa shape index (κ1) is 13.7. The van der Waals surface area contributed by atoms with E-state index in [-0.39, 0.29) is 6.04 Å². The van der Waals surface area contributed by atoms with Crippen LogP contribution in [0.4, 0.5) is 18.9 Å². The van der Waals surface area contributed by atoms with Gasteiger partial charge in [0, 0.05) is 22.7 Å². The van der Waals surface area contributed by atoms with Gasteiger partial charge in [-0.2, -0.15) is 13.2 Å². The molecule has 1 atom stereocenters. The van der Waals surface area contributed by atoms with Crippen molar-refractivity contribution in [2.24, 2.45) is 11.7 Å². The maximum Gasteiger partial charge on any atom is 0.416 e. The van der Waals surface area contributed by atoms with Crippen molar-refractivity contribution in [3.05, 3.63) is 28.2 Å². The van der Waals surface area contributed by atoms with Crippen LogP contribution in [0, 0.1) is 5.92 Å². The van der Waals surface area contributed by atoms with Crippen LogP contribution in [0.25, 0.3) is 0 Å². The highest BCUT2D eigenvalue weighted by molar-refractivity contribution is 9.10. The zero-order valence-electron chi connectivity index (χ0n) is 9.60. The van der Waals surface area contributed by atoms with Gasteiger partial charge in [-0.3, -0.25) is 0 Å². The quantitative estimate of drug-likeness (QED) is 0.888. The van der Waals surface area contributed by atoms with Gasteiger partial charge in [0.05, 0.1) is 5.56 Å². The van der Waals surface area contributed by atoms with Gasteiger partial charge >= 0.3 is 6.18 Å². The van der Waals surface area contributed by atoms with Crippen LogP contribution >= 0.6 is 15.9 Å². The lowest BCUT2D eigenvalue weighted by molar-refractivity contribution is -0.137. The fraction of sp³-hybridized carbons (Fsp3) is 0.500. The van der Waals surface area contributed by atoms with Crippen molar-refractivity contribution in [2.75, 3.05) is 11.9 Å². The Bertz CT molecular complexity index is 430. The number of nitrogens with two attached hydrogens (primary N) is 1. The number of alkyl halides is 3. The molecule has 1 aliphatic rings. The highest BCUT2D eigenvalue weighted by atomic mass is 79.9. The van der Waals surface area contributed by atoms with Gasteiger partial charge < -0.3 is 11.1 Å². The van der Waals surface area contributed by atoms with Gasteiger partial charge in [-0.1, -0.05) is 0 Å². The predicted molar refractivity (Wildman–Crippen MR) is 68.3 cm³/mol. The van der Waals surface area contributed by atoms with Crippen LogP contribution in [0.2, 0.25) is 0 Å². The van der Waals surface area contributed by atoms with E-state index >= 15 is 0 Å². The third-order valence-corrected chi connectivity index (χ3v) is 3.71. The fourth-order valence-electron chi connectivity index (χ4n) is 1.75. The second-order valence-corrected chi connectivity index (χ2v) is 5.43. The lowest BCUT2D eigenvalue weighted by atomic mass is 10.1. The van der Waals surface area contributed by atoms with Crippen molar-refractivity contribution in [3.63, 3.8) is 0 Å². The molecule has 1 unspecified atom stereocenters. The van der Waals surface area contributed by atoms with E-state index in [1.54, 1.807) is 0 Å². The Morgan fingerprint density at radius 1 is 1.39 bits per heavy atom. The molecule has 0 amide bonds. The van der Waals surface area contributed by atoms with Gasteiger partial charge in [0.25, 0.3) is 0 Å². The summed E-state index contributed by atoms with van der Waals surface area (Å²) in [5.41, 5.74) is 5.90. The molecule has 2 rings (SSSR count). The summed E-state index contributed by atoms with van der Waals surface area (Å²) in [6.07, 6.45) is -2.01. The van der Waals surface area contributed by atoms with Gasteiger partial charge in [-0.15, -0.1) is 0 Å². The number of benzene rings is 1. The molecule has 18 heavy (non-hydrogen) atoms. The Kier molecular flexibility index (Phi) is 3.87. The lowest BCUT2D eigenvalue weighted by Gasteiger charge is -2.15. The van der Waals surface area contributed by atoms with E-state index in [1.807, 2.05) is 0 Å². The van der Waals surface area contributed by atoms with Gasteiger partial charge in [-0.25, -0.2) is 0 Å². The number of nitrogens with one attached hydrogen (secondary N) is 1. The zero-order valence-corrected chi connectivity index (χ0v) is 11.2. The standard InChI is InChI=1S/C12H14BrF3N2/c13-9-5-8(12(14,15)16)3-4-11(9)18-6-10(17)7-1-2-7/h3-5,7,10,18H,1-2,6,17H2. The molecule has 0 aromatic heterocycles. The fourth-order valence-corrected chi connectivity index (χ4v) is 2.27. The molecular formula is C12H14BrF3N2. The van der Waals surface area contributed by atoms with Crippen molar-refractivity contribution < 1.29 is 13.2 Å². The van der Waals surface area contributed by atoms with E-state index in [2.05, 4.69) is 21.2 Å². The molecule has 0 radical (unpaired) electrons. The highest BCUT2D eigenvalue weighted by Gasteiger charge is 2.31. The Labute approximate surface area is 112 Å². The first-order valence-corrected chi connectivity index (χ1v) is 6.53. The minimum Gasteiger partial charge on any atom is -0.383 e. The Morgan fingerprint density at radius 3 is 2.56 bits per heavy atom. The van der Waals surface area contributed by atoms with Crippen LogP contribution in [0.3, 0.4) is 0 Å². The van der Waals surface area contributed by atoms with E-state index in [4.69, 9.17) is 5.73 Å². The van der Waals surface area contributed by atoms with E-state index in [0.717, 1.165) is 25.0 Å². The smallest absolute Gasteiger partial charge is 0.383 e. The highest BCUT2D eigenvalue weighted by Crippen LogP contribution is 2.35. The second-order valence-electron chi connectivity index (χ2n) is 4.57. The van der Waals surface area contributed by atoms with Crippen molar-refractivity contribution in [2.45, 2.75) is 25.1 Å². The van der Waals surface area contributed by atoms with Crippen molar-refractivity contribution in [1.82, 2.24) is 0 Å². The van der Waals surface area contributed by atoms with Crippen LogP contribution in [0.15, 0.2) is 22.7 Å². The average molecular weight is 323 g/mol. The Balaban J connectivity index is 2.00. The van der Waals surface area contributed by atoms with E-state index in [9.17, 15) is 13.2 Å². The molecule has 3 N–H and O–H groups in total. The average Bonchev–Trinajstić information content (AvgIpc) is 3.09. The molecule has 1 saturated carbocycles. The summed E-state index contributed by atoms with van der Waals surface area (Å²) in [6, 6.07) is 3.63. The minimum atomic E-state index is -4.31. The topological polar surface area (TPSA) is 38.0 Å². The first-order valence-electron chi connectivity index (χ1n) is 5.74. The van der Waals surface area contributed by atoms with Crippen LogP contribution in [-0.2, 0) is 6.18 Å². The Hall–Kier alpha value is -0.750. The molecule has 1 aliphatic carbocycles. The summed E-state index contributed by atoms with van der Waals surface area (Å²) in [4.78, 5) is 0. The molecule has 0 saturated heterocycles. The van der Waals surface area contributed by atoms with Gasteiger partial charge in [0.15, 0.2) is 0 Å². The summed E-state index contributed by atoms with van der Waals surface area (Å²) < 4.78 is 37.8. The largest absolute Gasteiger partial charge is 0.416 e. The van der Waals surface area contributed by atoms with Crippen LogP contribution in [0.5, 0.6) is 0 Å². The second kappa shape index (κ2) is 5.09. The molecular weight excluding hydrogens is 309 g/mol. The summed E-state index contributed by atoms with van der Waals surface area (Å²) in [7, 11) is 0. The van der Waals surface area contributed by atoms with Gasteiger partial charge in [0.1, 0.15) is 0 Å². The predicted octanol–water partition coefficient (Wildman–Crippen LogP) is 3.62. The normalized spacial score (nSPS) is 17.6. The molecule has 0 bridgehead atoms. The van der Waals surface area contributed by atoms with Crippen LogP contribution < -0.4 is 11.1 Å². The summed E-state index contributed by atoms with van der Waals surface area (Å²) >= 11 is 3.14. The monoisotopic (exact) mass is 322 g/mol. The molecule has 2 nitrogen and oxygen atoms in total. The molecule has 1 aromatic rings. The molecule has 100 valence electrons. The number of hydrogen-bond acceptors (Lipinski definition) is 2. The third kappa shape index (κ3) is 3.38. The van der Waals surface area contributed by atoms with Crippen molar-refractivity contribution >= 4 is 21.6 Å². The third-order valence-electron chi connectivity index (χ3n) is 3.05. The number of anilines is 1. The number of rotatable bonds is 4. The van der Waals surface area contributed by atoms with Crippen LogP contribution in [0.1, 0.15) is 18.4 Å². The SMILES string of the molecule is NC(CNc1ccc(C(F)(F)F)cc1Br)C1CC1. The van der Waals surface area contributed by atoms with Crippen molar-refractivity contribution in [1.29, 1.82) is 0 Å². The summed E-state index contributed by atoms with van der Waals surface area (Å²) in [6.45, 7) is 0.578. The Morgan fingerprint density at radius 2 is 2.06 bits per heavy atom. The summed E-state index contributed by atoms with van der Waals surface area (Å²) in [5, 5.41) is 3.07. The van der Waals surface area contributed by atoms with Crippen molar-refractivity contribution in [3.8, 4) is 0 Å². The molecule has 6 heteroatoms. The first-order chi connectivity index (χ1) is 8.38. The molecule has 1 aromatic carbocycles. The van der Waals surface area contributed by atoms with E-state index < -0.39 is 11.7 Å². The van der Waals surface area contributed by atoms with Gasteiger partial charge in [-0.05, 0) is 52.9 Å². The maximum absolute atomic E-state index is 12.5. The summed E-state index contributed by atoms with van der Waals surface area (Å²) in [5.74, 6) is 0.561. The molecule has 0 spiro atoms. The molecule has 1 fully saturated rings. The lowest BCUT2D eigenvalue weighted by Crippen LogP contribution is -2.31. The molecule has 0 aliphatic heterocycles. The maximum atomic E-state index is 12.5. The number of hydrogen-bond donors (Lipinski definition) is 2. The number of halogens is 4. The zero-order chi connectivity index (χ0) is 13.3. The van der Waals surface area contributed by atoms with Gasteiger partial charge in [0.2, 0.25) is 0 Å². The molecule has 0 heterocycles. The van der Waals surface area contributed by atoms with E-state index in [0.29, 0.717) is 22.6 Å². The minimum absolute atomic E-state index is 0.0687. The van der Waals surface area contributed by atoms with Crippen LogP contribution in [-0.4, -0.2) is 12.6 Å². The van der Waals surface area contributed by atoms with E-state index in [1.165, 1.54) is 6.07 Å².